The number of carbonyl (C=O) groups excluding carboxylic acids is 1. The van der Waals surface area contributed by atoms with E-state index in [1.165, 1.54) is 0 Å². The predicted octanol–water partition coefficient (Wildman–Crippen LogP) is 4.55. The van der Waals surface area contributed by atoms with Crippen LogP contribution in [0.5, 0.6) is 5.75 Å². The maximum absolute atomic E-state index is 12.3. The van der Waals surface area contributed by atoms with E-state index in [1.54, 1.807) is 24.3 Å². The van der Waals surface area contributed by atoms with Crippen molar-refractivity contribution in [3.63, 3.8) is 0 Å². The second kappa shape index (κ2) is 6.01. The van der Waals surface area contributed by atoms with E-state index < -0.39 is 0 Å². The van der Waals surface area contributed by atoms with Crippen LogP contribution in [0.2, 0.25) is 5.02 Å². The van der Waals surface area contributed by atoms with Crippen molar-refractivity contribution in [2.24, 2.45) is 0 Å². The van der Waals surface area contributed by atoms with Gasteiger partial charge in [-0.2, -0.15) is 0 Å². The Hall–Kier alpha value is -2.00. The van der Waals surface area contributed by atoms with Gasteiger partial charge in [0.05, 0.1) is 0 Å². The maximum Gasteiger partial charge on any atom is 0.251 e. The van der Waals surface area contributed by atoms with Crippen LogP contribution in [-0.4, -0.2) is 16.6 Å². The number of hydrogen-bond donors (Lipinski definition) is 2. The monoisotopic (exact) mass is 317 g/mol. The van der Waals surface area contributed by atoms with Crippen molar-refractivity contribution in [2.45, 2.75) is 33.2 Å². The average Bonchev–Trinajstić information content (AvgIpc) is 2.39. The molecule has 0 bridgehead atoms. The third-order valence-corrected chi connectivity index (χ3v) is 3.46. The first-order chi connectivity index (χ1) is 10.2. The predicted molar refractivity (Wildman–Crippen MR) is 90.5 cm³/mol. The Bertz CT molecular complexity index is 718. The number of benzene rings is 2. The summed E-state index contributed by atoms with van der Waals surface area (Å²) in [5, 5.41) is 13.5. The zero-order valence-corrected chi connectivity index (χ0v) is 14.0. The van der Waals surface area contributed by atoms with E-state index in [4.69, 9.17) is 11.6 Å². The molecule has 0 unspecified atom stereocenters. The van der Waals surface area contributed by atoms with Gasteiger partial charge in [0.1, 0.15) is 5.75 Å². The van der Waals surface area contributed by atoms with Gasteiger partial charge >= 0.3 is 0 Å². The van der Waals surface area contributed by atoms with Gasteiger partial charge in [0.15, 0.2) is 0 Å². The summed E-state index contributed by atoms with van der Waals surface area (Å²) >= 11 is 5.99. The van der Waals surface area contributed by atoms with E-state index in [0.29, 0.717) is 16.1 Å². The highest BCUT2D eigenvalue weighted by Crippen LogP contribution is 2.32. The number of aryl methyl sites for hydroxylation is 1. The molecule has 0 saturated heterocycles. The second-order valence-corrected chi connectivity index (χ2v) is 6.83. The molecule has 3 nitrogen and oxygen atoms in total. The first-order valence-electron chi connectivity index (χ1n) is 7.09. The Labute approximate surface area is 135 Å². The van der Waals surface area contributed by atoms with Crippen molar-refractivity contribution in [3.8, 4) is 16.9 Å². The molecule has 2 rings (SSSR count). The Morgan fingerprint density at radius 3 is 2.41 bits per heavy atom. The smallest absolute Gasteiger partial charge is 0.251 e. The molecule has 22 heavy (non-hydrogen) atoms. The molecule has 1 amide bonds. The molecule has 4 heteroatoms. The van der Waals surface area contributed by atoms with Gasteiger partial charge in [-0.3, -0.25) is 4.79 Å². The van der Waals surface area contributed by atoms with Crippen LogP contribution in [-0.2, 0) is 0 Å². The van der Waals surface area contributed by atoms with Crippen LogP contribution < -0.4 is 5.32 Å². The molecule has 2 N–H and O–H groups in total. The molecule has 0 aliphatic carbocycles. The van der Waals surface area contributed by atoms with Gasteiger partial charge < -0.3 is 10.4 Å². The number of aromatic hydroxyl groups is 1. The lowest BCUT2D eigenvalue weighted by molar-refractivity contribution is 0.0919. The summed E-state index contributed by atoms with van der Waals surface area (Å²) in [6, 6.07) is 10.4. The molecule has 0 aliphatic rings. The third kappa shape index (κ3) is 3.80. The Kier molecular flexibility index (Phi) is 4.47. The van der Waals surface area contributed by atoms with Crippen LogP contribution in [0.1, 0.15) is 36.7 Å². The summed E-state index contributed by atoms with van der Waals surface area (Å²) in [4.78, 5) is 12.3. The van der Waals surface area contributed by atoms with E-state index in [2.05, 4.69) is 5.32 Å². The Morgan fingerprint density at radius 1 is 1.14 bits per heavy atom. The maximum atomic E-state index is 12.3. The summed E-state index contributed by atoms with van der Waals surface area (Å²) in [6.07, 6.45) is 0. The van der Waals surface area contributed by atoms with Gasteiger partial charge in [0.2, 0.25) is 0 Å². The number of amides is 1. The van der Waals surface area contributed by atoms with Crippen LogP contribution in [0, 0.1) is 6.92 Å². The molecule has 0 aliphatic heterocycles. The highest BCUT2D eigenvalue weighted by atomic mass is 35.5. The number of halogens is 1. The number of rotatable bonds is 2. The minimum absolute atomic E-state index is 0.105. The highest BCUT2D eigenvalue weighted by Gasteiger charge is 2.17. The van der Waals surface area contributed by atoms with Crippen molar-refractivity contribution in [2.75, 3.05) is 0 Å². The fourth-order valence-corrected chi connectivity index (χ4v) is 2.41. The molecule has 0 fully saturated rings. The largest absolute Gasteiger partial charge is 0.507 e. The van der Waals surface area contributed by atoms with Crippen molar-refractivity contribution >= 4 is 17.5 Å². The van der Waals surface area contributed by atoms with E-state index >= 15 is 0 Å². The van der Waals surface area contributed by atoms with Gasteiger partial charge in [0.25, 0.3) is 5.91 Å². The van der Waals surface area contributed by atoms with Gasteiger partial charge in [-0.05, 0) is 63.1 Å². The number of phenols is 1. The first-order valence-corrected chi connectivity index (χ1v) is 7.47. The fraction of sp³-hybridized carbons (Fsp3) is 0.278. The third-order valence-electron chi connectivity index (χ3n) is 3.23. The molecule has 116 valence electrons. The minimum atomic E-state index is -0.284. The van der Waals surface area contributed by atoms with E-state index in [-0.39, 0.29) is 17.2 Å². The molecule has 2 aromatic rings. The van der Waals surface area contributed by atoms with E-state index in [9.17, 15) is 9.90 Å². The van der Waals surface area contributed by atoms with Crippen LogP contribution in [0.3, 0.4) is 0 Å². The molecule has 0 radical (unpaired) electrons. The summed E-state index contributed by atoms with van der Waals surface area (Å²) in [5.41, 5.74) is 2.66. The van der Waals surface area contributed by atoms with Gasteiger partial charge in [-0.15, -0.1) is 0 Å². The number of hydrogen-bond acceptors (Lipinski definition) is 2. The van der Waals surface area contributed by atoms with Crippen LogP contribution in [0.25, 0.3) is 11.1 Å². The molecule has 0 saturated carbocycles. The fourth-order valence-electron chi connectivity index (χ4n) is 2.23. The Balaban J connectivity index is 2.38. The first kappa shape index (κ1) is 16.4. The van der Waals surface area contributed by atoms with Crippen molar-refractivity contribution < 1.29 is 9.90 Å². The lowest BCUT2D eigenvalue weighted by atomic mass is 9.98. The topological polar surface area (TPSA) is 49.3 Å². The molecule has 0 aromatic heterocycles. The summed E-state index contributed by atoms with van der Waals surface area (Å²) in [5.74, 6) is 0.0579. The van der Waals surface area contributed by atoms with E-state index in [0.717, 1.165) is 11.1 Å². The van der Waals surface area contributed by atoms with Gasteiger partial charge in [-0.1, -0.05) is 23.7 Å². The standard InChI is InChI=1S/C18H20ClNO2/c1-11-9-12(15-10-13(19)6-8-16(15)21)5-7-14(11)17(22)20-18(2,3)4/h5-10,21H,1-4H3,(H,20,22). The number of nitrogens with one attached hydrogen (secondary N) is 1. The molecule has 2 aromatic carbocycles. The molecule has 0 atom stereocenters. The molecular weight excluding hydrogens is 298 g/mol. The van der Waals surface area contributed by atoms with Crippen LogP contribution in [0.4, 0.5) is 0 Å². The summed E-state index contributed by atoms with van der Waals surface area (Å²) in [7, 11) is 0. The van der Waals surface area contributed by atoms with Gasteiger partial charge in [-0.25, -0.2) is 0 Å². The van der Waals surface area contributed by atoms with Crippen molar-refractivity contribution in [1.82, 2.24) is 5.32 Å². The highest BCUT2D eigenvalue weighted by molar-refractivity contribution is 6.31. The summed E-state index contributed by atoms with van der Waals surface area (Å²) < 4.78 is 0. The normalized spacial score (nSPS) is 11.3. The van der Waals surface area contributed by atoms with Crippen molar-refractivity contribution in [3.05, 3.63) is 52.5 Å². The number of phenolic OH excluding ortho intramolecular Hbond substituents is 1. The zero-order chi connectivity index (χ0) is 16.5. The lowest BCUT2D eigenvalue weighted by Crippen LogP contribution is -2.40. The van der Waals surface area contributed by atoms with E-state index in [1.807, 2.05) is 39.8 Å². The van der Waals surface area contributed by atoms with Crippen molar-refractivity contribution in [1.29, 1.82) is 0 Å². The van der Waals surface area contributed by atoms with Crippen LogP contribution >= 0.6 is 11.6 Å². The SMILES string of the molecule is Cc1cc(-c2cc(Cl)ccc2O)ccc1C(=O)NC(C)(C)C. The second-order valence-electron chi connectivity index (χ2n) is 6.40. The molecule has 0 spiro atoms. The lowest BCUT2D eigenvalue weighted by Gasteiger charge is -2.21. The Morgan fingerprint density at radius 2 is 1.82 bits per heavy atom. The van der Waals surface area contributed by atoms with Crippen LogP contribution in [0.15, 0.2) is 36.4 Å². The molecule has 0 heterocycles. The quantitative estimate of drug-likeness (QED) is 0.853. The number of carbonyl (C=O) groups is 1. The average molecular weight is 318 g/mol. The summed E-state index contributed by atoms with van der Waals surface area (Å²) in [6.45, 7) is 7.71. The minimum Gasteiger partial charge on any atom is -0.507 e. The van der Waals surface area contributed by atoms with Gasteiger partial charge in [0, 0.05) is 21.7 Å². The zero-order valence-electron chi connectivity index (χ0n) is 13.2. The molecular formula is C18H20ClNO2.